The van der Waals surface area contributed by atoms with Gasteiger partial charge in [-0.15, -0.1) is 0 Å². The first-order valence-corrected chi connectivity index (χ1v) is 6.82. The van der Waals surface area contributed by atoms with Gasteiger partial charge in [-0.2, -0.15) is 4.31 Å². The SMILES string of the molecule is CC(C)N(CC(N)=O)S(=O)(=O)c1c[nH]c(C(=O)O)c1. The van der Waals surface area contributed by atoms with Gasteiger partial charge in [0, 0.05) is 12.2 Å². The summed E-state index contributed by atoms with van der Waals surface area (Å²) in [5, 5.41) is 8.74. The molecule has 1 aromatic heterocycles. The molecule has 0 unspecified atom stereocenters. The summed E-state index contributed by atoms with van der Waals surface area (Å²) in [5.74, 6) is -2.06. The average Bonchev–Trinajstić information content (AvgIpc) is 2.74. The van der Waals surface area contributed by atoms with Crippen LogP contribution in [0, 0.1) is 0 Å². The lowest BCUT2D eigenvalue weighted by Crippen LogP contribution is -2.42. The van der Waals surface area contributed by atoms with Crippen molar-refractivity contribution in [2.24, 2.45) is 5.73 Å². The van der Waals surface area contributed by atoms with Gasteiger partial charge in [-0.1, -0.05) is 0 Å². The number of nitrogens with zero attached hydrogens (tertiary/aromatic N) is 1. The predicted molar refractivity (Wildman–Crippen MR) is 66.0 cm³/mol. The maximum Gasteiger partial charge on any atom is 0.352 e. The third-order valence-electron chi connectivity index (χ3n) is 2.38. The van der Waals surface area contributed by atoms with Crippen molar-refractivity contribution in [2.75, 3.05) is 6.54 Å². The molecule has 0 aliphatic carbocycles. The highest BCUT2D eigenvalue weighted by Crippen LogP contribution is 2.18. The number of carboxylic acid groups (broad SMARTS) is 1. The summed E-state index contributed by atoms with van der Waals surface area (Å²) >= 11 is 0. The van der Waals surface area contributed by atoms with E-state index in [9.17, 15) is 18.0 Å². The summed E-state index contributed by atoms with van der Waals surface area (Å²) in [5.41, 5.74) is 4.76. The number of hydrogen-bond acceptors (Lipinski definition) is 4. The number of primary amides is 1. The van der Waals surface area contributed by atoms with E-state index in [2.05, 4.69) is 4.98 Å². The van der Waals surface area contributed by atoms with Gasteiger partial charge in [-0.3, -0.25) is 4.79 Å². The molecule has 0 aliphatic heterocycles. The second-order valence-electron chi connectivity index (χ2n) is 4.16. The van der Waals surface area contributed by atoms with Gasteiger partial charge in [0.1, 0.15) is 10.6 Å². The Bertz CT molecular complexity index is 590. The van der Waals surface area contributed by atoms with E-state index in [1.54, 1.807) is 13.8 Å². The molecule has 0 radical (unpaired) electrons. The summed E-state index contributed by atoms with van der Waals surface area (Å²) in [6.45, 7) is 2.71. The molecule has 1 aromatic rings. The maximum atomic E-state index is 12.3. The van der Waals surface area contributed by atoms with E-state index in [0.29, 0.717) is 0 Å². The fourth-order valence-electron chi connectivity index (χ4n) is 1.48. The lowest BCUT2D eigenvalue weighted by Gasteiger charge is -2.23. The molecule has 0 spiro atoms. The number of aromatic carboxylic acids is 1. The second kappa shape index (κ2) is 5.41. The summed E-state index contributed by atoms with van der Waals surface area (Å²) in [7, 11) is -3.97. The first-order chi connectivity index (χ1) is 8.66. The molecular weight excluding hydrogens is 274 g/mol. The minimum atomic E-state index is -3.97. The fraction of sp³-hybridized carbons (Fsp3) is 0.400. The molecule has 4 N–H and O–H groups in total. The molecule has 0 atom stereocenters. The number of amides is 1. The van der Waals surface area contributed by atoms with Gasteiger partial charge in [0.05, 0.1) is 6.54 Å². The number of nitrogens with two attached hydrogens (primary N) is 1. The Balaban J connectivity index is 3.18. The summed E-state index contributed by atoms with van der Waals surface area (Å²) in [4.78, 5) is 23.7. The Hall–Kier alpha value is -1.87. The van der Waals surface area contributed by atoms with Crippen LogP contribution in [0.1, 0.15) is 24.3 Å². The quantitative estimate of drug-likeness (QED) is 0.655. The first kappa shape index (κ1) is 15.2. The number of carbonyl (C=O) groups excluding carboxylic acids is 1. The molecule has 0 bridgehead atoms. The minimum Gasteiger partial charge on any atom is -0.477 e. The molecule has 9 heteroatoms. The molecule has 0 saturated carbocycles. The van der Waals surface area contributed by atoms with Gasteiger partial charge in [0.2, 0.25) is 15.9 Å². The highest BCUT2D eigenvalue weighted by atomic mass is 32.2. The average molecular weight is 289 g/mol. The van der Waals surface area contributed by atoms with Crippen molar-refractivity contribution in [3.8, 4) is 0 Å². The molecule has 8 nitrogen and oxygen atoms in total. The smallest absolute Gasteiger partial charge is 0.352 e. The van der Waals surface area contributed by atoms with E-state index in [-0.39, 0.29) is 10.6 Å². The van der Waals surface area contributed by atoms with Crippen LogP contribution in [-0.4, -0.2) is 47.3 Å². The highest BCUT2D eigenvalue weighted by Gasteiger charge is 2.29. The van der Waals surface area contributed by atoms with Crippen LogP contribution in [0.2, 0.25) is 0 Å². The Labute approximate surface area is 110 Å². The van der Waals surface area contributed by atoms with Crippen molar-refractivity contribution in [1.29, 1.82) is 0 Å². The van der Waals surface area contributed by atoms with Crippen LogP contribution in [0.5, 0.6) is 0 Å². The van der Waals surface area contributed by atoms with Crippen molar-refractivity contribution >= 4 is 21.9 Å². The van der Waals surface area contributed by atoms with E-state index < -0.39 is 34.5 Å². The molecule has 0 fully saturated rings. The highest BCUT2D eigenvalue weighted by molar-refractivity contribution is 7.89. The molecule has 106 valence electrons. The normalized spacial score (nSPS) is 12.0. The topological polar surface area (TPSA) is 134 Å². The van der Waals surface area contributed by atoms with Crippen LogP contribution in [0.25, 0.3) is 0 Å². The van der Waals surface area contributed by atoms with Crippen LogP contribution in [-0.2, 0) is 14.8 Å². The van der Waals surface area contributed by atoms with Crippen LogP contribution >= 0.6 is 0 Å². The number of hydrogen-bond donors (Lipinski definition) is 3. The molecule has 19 heavy (non-hydrogen) atoms. The van der Waals surface area contributed by atoms with Crippen LogP contribution < -0.4 is 5.73 Å². The lowest BCUT2D eigenvalue weighted by atomic mass is 10.4. The third-order valence-corrected chi connectivity index (χ3v) is 4.38. The van der Waals surface area contributed by atoms with Crippen molar-refractivity contribution < 1.29 is 23.1 Å². The van der Waals surface area contributed by atoms with Crippen molar-refractivity contribution in [1.82, 2.24) is 9.29 Å². The number of H-pyrrole nitrogens is 1. The van der Waals surface area contributed by atoms with Crippen LogP contribution in [0.4, 0.5) is 0 Å². The van der Waals surface area contributed by atoms with Gasteiger partial charge < -0.3 is 15.8 Å². The van der Waals surface area contributed by atoms with E-state index >= 15 is 0 Å². The Morgan fingerprint density at radius 3 is 2.42 bits per heavy atom. The zero-order valence-corrected chi connectivity index (χ0v) is 11.3. The van der Waals surface area contributed by atoms with E-state index in [1.807, 2.05) is 0 Å². The third kappa shape index (κ3) is 3.32. The number of carboxylic acids is 1. The summed E-state index contributed by atoms with van der Waals surface area (Å²) in [6, 6.07) is 0.509. The molecule has 0 saturated heterocycles. The molecule has 0 aliphatic rings. The zero-order valence-electron chi connectivity index (χ0n) is 10.5. The monoisotopic (exact) mass is 289 g/mol. The number of aromatic amines is 1. The summed E-state index contributed by atoms with van der Waals surface area (Å²) < 4.78 is 25.4. The summed E-state index contributed by atoms with van der Waals surface area (Å²) in [6.07, 6.45) is 1.06. The number of carbonyl (C=O) groups is 2. The second-order valence-corrected chi connectivity index (χ2v) is 6.06. The molecule has 1 amide bonds. The number of nitrogens with one attached hydrogen (secondary N) is 1. The minimum absolute atomic E-state index is 0.222. The molecule has 0 aromatic carbocycles. The number of sulfonamides is 1. The zero-order chi connectivity index (χ0) is 14.8. The fourth-order valence-corrected chi connectivity index (χ4v) is 3.08. The Morgan fingerprint density at radius 2 is 2.05 bits per heavy atom. The van der Waals surface area contributed by atoms with Gasteiger partial charge in [0.15, 0.2) is 0 Å². The number of rotatable bonds is 6. The van der Waals surface area contributed by atoms with Gasteiger partial charge in [0.25, 0.3) is 0 Å². The van der Waals surface area contributed by atoms with Gasteiger partial charge >= 0.3 is 5.97 Å². The molecule has 1 heterocycles. The molecule has 1 rings (SSSR count). The van der Waals surface area contributed by atoms with E-state index in [4.69, 9.17) is 10.8 Å². The largest absolute Gasteiger partial charge is 0.477 e. The van der Waals surface area contributed by atoms with E-state index in [0.717, 1.165) is 16.6 Å². The predicted octanol–water partition coefficient (Wildman–Crippen LogP) is -0.403. The Morgan fingerprint density at radius 1 is 1.47 bits per heavy atom. The van der Waals surface area contributed by atoms with Crippen molar-refractivity contribution in [2.45, 2.75) is 24.8 Å². The standard InChI is InChI=1S/C10H15N3O5S/c1-6(2)13(5-9(11)14)19(17,18)7-3-8(10(15)16)12-4-7/h3-4,6,12H,5H2,1-2H3,(H2,11,14)(H,15,16). The first-order valence-electron chi connectivity index (χ1n) is 5.38. The van der Waals surface area contributed by atoms with Gasteiger partial charge in [-0.25, -0.2) is 13.2 Å². The Kier molecular flexibility index (Phi) is 4.32. The van der Waals surface area contributed by atoms with Gasteiger partial charge in [-0.05, 0) is 19.9 Å². The van der Waals surface area contributed by atoms with Crippen LogP contribution in [0.15, 0.2) is 17.2 Å². The van der Waals surface area contributed by atoms with Crippen molar-refractivity contribution in [3.63, 3.8) is 0 Å². The number of aromatic nitrogens is 1. The van der Waals surface area contributed by atoms with Crippen LogP contribution in [0.3, 0.4) is 0 Å². The van der Waals surface area contributed by atoms with E-state index in [1.165, 1.54) is 0 Å². The van der Waals surface area contributed by atoms with Crippen molar-refractivity contribution in [3.05, 3.63) is 18.0 Å². The lowest BCUT2D eigenvalue weighted by molar-refractivity contribution is -0.118. The molecular formula is C10H15N3O5S. The maximum absolute atomic E-state index is 12.3.